The van der Waals surface area contributed by atoms with Crippen molar-refractivity contribution in [3.63, 3.8) is 0 Å². The molecule has 5 nitrogen and oxygen atoms in total. The van der Waals surface area contributed by atoms with Gasteiger partial charge in [0.2, 0.25) is 0 Å². The molecule has 1 saturated heterocycles. The molecule has 1 aliphatic rings. The van der Waals surface area contributed by atoms with E-state index in [4.69, 9.17) is 5.11 Å². The highest BCUT2D eigenvalue weighted by molar-refractivity contribution is 7.91. The third-order valence-corrected chi connectivity index (χ3v) is 5.28. The van der Waals surface area contributed by atoms with Crippen LogP contribution >= 0.6 is 0 Å². The van der Waals surface area contributed by atoms with Gasteiger partial charge in [-0.1, -0.05) is 29.8 Å². The van der Waals surface area contributed by atoms with Gasteiger partial charge >= 0.3 is 5.97 Å². The molecule has 1 heterocycles. The molecular formula is C14H19NO4S. The minimum Gasteiger partial charge on any atom is -0.480 e. The first-order valence-corrected chi connectivity index (χ1v) is 8.40. The molecule has 2 rings (SSSR count). The number of aryl methyl sites for hydroxylation is 1. The van der Waals surface area contributed by atoms with E-state index < -0.39 is 15.8 Å². The number of carboxylic acid groups (broad SMARTS) is 1. The summed E-state index contributed by atoms with van der Waals surface area (Å²) < 4.78 is 23.1. The van der Waals surface area contributed by atoms with E-state index in [0.29, 0.717) is 13.0 Å². The van der Waals surface area contributed by atoms with Crippen LogP contribution in [-0.4, -0.2) is 48.5 Å². The van der Waals surface area contributed by atoms with E-state index in [9.17, 15) is 13.2 Å². The van der Waals surface area contributed by atoms with Crippen molar-refractivity contribution in [3.05, 3.63) is 35.4 Å². The summed E-state index contributed by atoms with van der Waals surface area (Å²) in [6, 6.07) is 7.64. The second-order valence-corrected chi connectivity index (χ2v) is 7.57. The van der Waals surface area contributed by atoms with E-state index in [0.717, 1.165) is 11.1 Å². The Hall–Kier alpha value is -1.40. The van der Waals surface area contributed by atoms with Crippen LogP contribution in [0.1, 0.15) is 17.5 Å². The van der Waals surface area contributed by atoms with Crippen LogP contribution in [0.25, 0.3) is 0 Å². The van der Waals surface area contributed by atoms with Crippen LogP contribution in [0.2, 0.25) is 0 Å². The van der Waals surface area contributed by atoms with Gasteiger partial charge in [-0.05, 0) is 18.9 Å². The first-order valence-electron chi connectivity index (χ1n) is 6.57. The maximum absolute atomic E-state index is 11.6. The Bertz CT molecular complexity index is 597. The van der Waals surface area contributed by atoms with Crippen LogP contribution in [0.15, 0.2) is 24.3 Å². The summed E-state index contributed by atoms with van der Waals surface area (Å²) in [5.41, 5.74) is 2.12. The van der Waals surface area contributed by atoms with Gasteiger partial charge in [0.25, 0.3) is 0 Å². The summed E-state index contributed by atoms with van der Waals surface area (Å²) in [5, 5.41) is 9.02. The number of benzene rings is 1. The van der Waals surface area contributed by atoms with Gasteiger partial charge in [-0.3, -0.25) is 9.69 Å². The Kier molecular flexibility index (Phi) is 4.45. The maximum atomic E-state index is 11.6. The van der Waals surface area contributed by atoms with E-state index in [1.807, 2.05) is 31.2 Å². The zero-order valence-electron chi connectivity index (χ0n) is 11.4. The Morgan fingerprint density at radius 1 is 1.45 bits per heavy atom. The Morgan fingerprint density at radius 3 is 2.75 bits per heavy atom. The van der Waals surface area contributed by atoms with Gasteiger partial charge < -0.3 is 5.11 Å². The van der Waals surface area contributed by atoms with Gasteiger partial charge in [0.1, 0.15) is 0 Å². The molecule has 20 heavy (non-hydrogen) atoms. The number of hydrogen-bond acceptors (Lipinski definition) is 4. The van der Waals surface area contributed by atoms with Crippen LogP contribution in [0.3, 0.4) is 0 Å². The molecule has 0 saturated carbocycles. The molecule has 1 N–H and O–H groups in total. The summed E-state index contributed by atoms with van der Waals surface area (Å²) in [7, 11) is -3.01. The lowest BCUT2D eigenvalue weighted by Gasteiger charge is -2.26. The zero-order chi connectivity index (χ0) is 14.8. The zero-order valence-corrected chi connectivity index (χ0v) is 12.3. The molecule has 1 unspecified atom stereocenters. The van der Waals surface area contributed by atoms with Crippen LogP contribution in [0.5, 0.6) is 0 Å². The van der Waals surface area contributed by atoms with Crippen LogP contribution in [0.4, 0.5) is 0 Å². The van der Waals surface area contributed by atoms with Gasteiger partial charge in [-0.2, -0.15) is 0 Å². The number of nitrogens with zero attached hydrogens (tertiary/aromatic N) is 1. The van der Waals surface area contributed by atoms with Crippen molar-refractivity contribution in [1.29, 1.82) is 0 Å². The Labute approximate surface area is 119 Å². The fraction of sp³-hybridized carbons (Fsp3) is 0.500. The Balaban J connectivity index is 2.14. The van der Waals surface area contributed by atoms with E-state index >= 15 is 0 Å². The number of aliphatic carboxylic acids is 1. The molecule has 110 valence electrons. The van der Waals surface area contributed by atoms with E-state index in [2.05, 4.69) is 0 Å². The molecule has 0 radical (unpaired) electrons. The van der Waals surface area contributed by atoms with Crippen molar-refractivity contribution in [2.45, 2.75) is 25.9 Å². The number of carboxylic acids is 1. The molecule has 1 fully saturated rings. The lowest BCUT2D eigenvalue weighted by Crippen LogP contribution is -2.39. The highest BCUT2D eigenvalue weighted by Gasteiger charge is 2.33. The molecule has 0 amide bonds. The molecule has 0 aliphatic carbocycles. The van der Waals surface area contributed by atoms with Crippen molar-refractivity contribution in [3.8, 4) is 0 Å². The molecule has 1 aromatic rings. The number of hydrogen-bond donors (Lipinski definition) is 1. The highest BCUT2D eigenvalue weighted by Crippen LogP contribution is 2.20. The van der Waals surface area contributed by atoms with E-state index in [1.165, 1.54) is 0 Å². The van der Waals surface area contributed by atoms with Crippen LogP contribution in [-0.2, 0) is 21.2 Å². The maximum Gasteiger partial charge on any atom is 0.317 e. The summed E-state index contributed by atoms with van der Waals surface area (Å²) in [5.74, 6) is -0.713. The summed E-state index contributed by atoms with van der Waals surface area (Å²) in [6.07, 6.45) is 0.515. The van der Waals surface area contributed by atoms with Gasteiger partial charge in [0.05, 0.1) is 18.1 Å². The number of carbonyl (C=O) groups is 1. The third-order valence-electron chi connectivity index (χ3n) is 3.53. The summed E-state index contributed by atoms with van der Waals surface area (Å²) in [4.78, 5) is 12.7. The minimum absolute atomic E-state index is 0.0616. The second kappa shape index (κ2) is 5.93. The minimum atomic E-state index is -3.01. The molecule has 1 aromatic carbocycles. The van der Waals surface area contributed by atoms with Crippen molar-refractivity contribution in [2.24, 2.45) is 0 Å². The fourth-order valence-electron chi connectivity index (χ4n) is 2.60. The first kappa shape index (κ1) is 15.0. The number of rotatable bonds is 5. The SMILES string of the molecule is Cc1cccc(CN(CC(=O)O)C2CCS(=O)(=O)C2)c1. The molecule has 0 aromatic heterocycles. The monoisotopic (exact) mass is 297 g/mol. The predicted molar refractivity (Wildman–Crippen MR) is 76.3 cm³/mol. The van der Waals surface area contributed by atoms with Gasteiger partial charge in [0.15, 0.2) is 9.84 Å². The topological polar surface area (TPSA) is 74.7 Å². The first-order chi connectivity index (χ1) is 9.35. The number of sulfone groups is 1. The third kappa shape index (κ3) is 4.05. The largest absolute Gasteiger partial charge is 0.480 e. The van der Waals surface area contributed by atoms with Crippen molar-refractivity contribution in [1.82, 2.24) is 4.90 Å². The second-order valence-electron chi connectivity index (χ2n) is 5.34. The fourth-order valence-corrected chi connectivity index (χ4v) is 4.36. The van der Waals surface area contributed by atoms with Crippen molar-refractivity contribution < 1.29 is 18.3 Å². The Morgan fingerprint density at radius 2 is 2.20 bits per heavy atom. The average Bonchev–Trinajstić information content (AvgIpc) is 2.68. The molecule has 0 bridgehead atoms. The molecule has 6 heteroatoms. The van der Waals surface area contributed by atoms with E-state index in [-0.39, 0.29) is 24.1 Å². The van der Waals surface area contributed by atoms with Gasteiger partial charge in [-0.15, -0.1) is 0 Å². The summed E-state index contributed by atoms with van der Waals surface area (Å²) >= 11 is 0. The quantitative estimate of drug-likeness (QED) is 0.880. The molecular weight excluding hydrogens is 278 g/mol. The highest BCUT2D eigenvalue weighted by atomic mass is 32.2. The normalized spacial score (nSPS) is 21.2. The van der Waals surface area contributed by atoms with Gasteiger partial charge in [0, 0.05) is 12.6 Å². The van der Waals surface area contributed by atoms with Gasteiger partial charge in [-0.25, -0.2) is 8.42 Å². The lowest BCUT2D eigenvalue weighted by atomic mass is 10.1. The lowest BCUT2D eigenvalue weighted by molar-refractivity contribution is -0.139. The van der Waals surface area contributed by atoms with Crippen LogP contribution < -0.4 is 0 Å². The summed E-state index contributed by atoms with van der Waals surface area (Å²) in [6.45, 7) is 2.31. The van der Waals surface area contributed by atoms with Crippen LogP contribution in [0, 0.1) is 6.92 Å². The van der Waals surface area contributed by atoms with Crippen molar-refractivity contribution >= 4 is 15.8 Å². The smallest absolute Gasteiger partial charge is 0.317 e. The molecule has 0 spiro atoms. The van der Waals surface area contributed by atoms with E-state index in [1.54, 1.807) is 4.90 Å². The standard InChI is InChI=1S/C14H19NO4S/c1-11-3-2-4-12(7-11)8-15(9-14(16)17)13-5-6-20(18,19)10-13/h2-4,7,13H,5-6,8-10H2,1H3,(H,16,17). The predicted octanol–water partition coefficient (Wildman–Crippen LogP) is 1.07. The van der Waals surface area contributed by atoms with Crippen molar-refractivity contribution in [2.75, 3.05) is 18.1 Å². The average molecular weight is 297 g/mol. The molecule has 1 atom stereocenters. The molecule has 1 aliphatic heterocycles.